The third-order valence-corrected chi connectivity index (χ3v) is 4.00. The van der Waals surface area contributed by atoms with Gasteiger partial charge in [-0.2, -0.15) is 4.57 Å². The molecule has 5 nitrogen and oxygen atoms in total. The molecule has 0 fully saturated rings. The average molecular weight is 274 g/mol. The molecule has 0 aliphatic heterocycles. The first-order chi connectivity index (χ1) is 7.99. The van der Waals surface area contributed by atoms with E-state index in [1.165, 1.54) is 28.6 Å². The first-order valence-electron chi connectivity index (χ1n) is 4.97. The lowest BCUT2D eigenvalue weighted by Crippen LogP contribution is -2.43. The summed E-state index contributed by atoms with van der Waals surface area (Å²) in [5.41, 5.74) is -0.718. The molecule has 0 bridgehead atoms. The predicted molar refractivity (Wildman–Crippen MR) is 71.9 cm³/mol. The van der Waals surface area contributed by atoms with Crippen molar-refractivity contribution in [1.29, 1.82) is 0 Å². The van der Waals surface area contributed by atoms with Crippen molar-refractivity contribution in [1.82, 2.24) is 9.13 Å². The Bertz CT molecular complexity index is 499. The molecule has 1 rings (SSSR count). The average Bonchev–Trinajstić information content (AvgIpc) is 2.27. The van der Waals surface area contributed by atoms with Crippen molar-refractivity contribution in [2.75, 3.05) is 12.0 Å². The zero-order chi connectivity index (χ0) is 13.0. The Labute approximate surface area is 107 Å². The van der Waals surface area contributed by atoms with Crippen LogP contribution in [0.4, 0.5) is 0 Å². The van der Waals surface area contributed by atoms with Gasteiger partial charge in [-0.05, 0) is 13.2 Å². The second-order valence-electron chi connectivity index (χ2n) is 3.48. The third-order valence-electron chi connectivity index (χ3n) is 2.19. The van der Waals surface area contributed by atoms with Gasteiger partial charge in [0, 0.05) is 31.0 Å². The van der Waals surface area contributed by atoms with E-state index in [1.807, 2.05) is 6.26 Å². The lowest BCUT2D eigenvalue weighted by atomic mass is 10.3. The van der Waals surface area contributed by atoms with E-state index >= 15 is 0 Å². The summed E-state index contributed by atoms with van der Waals surface area (Å²) in [5, 5.41) is 0. The normalized spacial score (nSPS) is 10.5. The zero-order valence-corrected chi connectivity index (χ0v) is 11.6. The molecule has 0 saturated carbocycles. The molecule has 0 N–H and O–H groups in total. The van der Waals surface area contributed by atoms with E-state index in [0.717, 1.165) is 4.57 Å². The smallest absolute Gasteiger partial charge is 0.303 e. The van der Waals surface area contributed by atoms with E-state index in [2.05, 4.69) is 0 Å². The van der Waals surface area contributed by atoms with Crippen LogP contribution in [0.1, 0.15) is 16.8 Å². The second-order valence-corrected chi connectivity index (χ2v) is 6.16. The standard InChI is InChI=1S/C10H14N2O3S2/c1-7-6-11(2)10(15)12(9(7)14)8(13)4-5-17-16-3/h6H,4-5H2,1-3H3. The quantitative estimate of drug-likeness (QED) is 0.603. The van der Waals surface area contributed by atoms with Gasteiger partial charge < -0.3 is 4.57 Å². The summed E-state index contributed by atoms with van der Waals surface area (Å²) in [5.74, 6) is 0.143. The van der Waals surface area contributed by atoms with Crippen LogP contribution in [0.15, 0.2) is 15.8 Å². The molecule has 1 aromatic heterocycles. The van der Waals surface area contributed by atoms with Gasteiger partial charge in [0.15, 0.2) is 0 Å². The number of carbonyl (C=O) groups excluding carboxylic acids is 1. The topological polar surface area (TPSA) is 61.1 Å². The van der Waals surface area contributed by atoms with Crippen molar-refractivity contribution >= 4 is 27.5 Å². The van der Waals surface area contributed by atoms with Gasteiger partial charge in [-0.15, -0.1) is 0 Å². The van der Waals surface area contributed by atoms with Crippen molar-refractivity contribution in [2.24, 2.45) is 7.05 Å². The van der Waals surface area contributed by atoms with Crippen molar-refractivity contribution in [3.05, 3.63) is 32.6 Å². The predicted octanol–water partition coefficient (Wildman–Crippen LogP) is 0.897. The van der Waals surface area contributed by atoms with Crippen LogP contribution in [0, 0.1) is 6.92 Å². The van der Waals surface area contributed by atoms with Gasteiger partial charge in [0.05, 0.1) is 0 Å². The summed E-state index contributed by atoms with van der Waals surface area (Å²) >= 11 is 0. The van der Waals surface area contributed by atoms with Crippen LogP contribution in [0.5, 0.6) is 0 Å². The van der Waals surface area contributed by atoms with Gasteiger partial charge in [0.25, 0.3) is 5.56 Å². The summed E-state index contributed by atoms with van der Waals surface area (Å²) in [6, 6.07) is 0. The van der Waals surface area contributed by atoms with E-state index < -0.39 is 17.2 Å². The Hall–Kier alpha value is -0.950. The fraction of sp³-hybridized carbons (Fsp3) is 0.500. The van der Waals surface area contributed by atoms with Crippen LogP contribution in [-0.4, -0.2) is 27.1 Å². The summed E-state index contributed by atoms with van der Waals surface area (Å²) < 4.78 is 1.96. The maximum Gasteiger partial charge on any atom is 0.337 e. The highest BCUT2D eigenvalue weighted by molar-refractivity contribution is 8.76. The van der Waals surface area contributed by atoms with Crippen LogP contribution in [0.2, 0.25) is 0 Å². The summed E-state index contributed by atoms with van der Waals surface area (Å²) in [4.78, 5) is 35.2. The number of aryl methyl sites for hydroxylation is 2. The van der Waals surface area contributed by atoms with Crippen LogP contribution < -0.4 is 11.2 Å². The molecule has 1 aromatic rings. The van der Waals surface area contributed by atoms with Gasteiger partial charge in [-0.1, -0.05) is 21.6 Å². The molecule has 0 aliphatic carbocycles. The SMILES string of the molecule is CSSCCC(=O)n1c(=O)c(C)cn(C)c1=O. The Morgan fingerprint density at radius 2 is 2.06 bits per heavy atom. The van der Waals surface area contributed by atoms with E-state index in [1.54, 1.807) is 17.7 Å². The van der Waals surface area contributed by atoms with Crippen molar-refractivity contribution in [2.45, 2.75) is 13.3 Å². The maximum absolute atomic E-state index is 11.8. The number of nitrogens with zero attached hydrogens (tertiary/aromatic N) is 2. The molecule has 0 atom stereocenters. The molecule has 7 heteroatoms. The molecule has 0 saturated heterocycles. The van der Waals surface area contributed by atoms with Crippen molar-refractivity contribution in [3.63, 3.8) is 0 Å². The fourth-order valence-corrected chi connectivity index (χ4v) is 2.54. The Morgan fingerprint density at radius 1 is 1.41 bits per heavy atom. The molecular weight excluding hydrogens is 260 g/mol. The lowest BCUT2D eigenvalue weighted by Gasteiger charge is -2.06. The van der Waals surface area contributed by atoms with Crippen LogP contribution in [0.25, 0.3) is 0 Å². The van der Waals surface area contributed by atoms with Gasteiger partial charge in [-0.3, -0.25) is 9.59 Å². The van der Waals surface area contributed by atoms with E-state index in [4.69, 9.17) is 0 Å². The Morgan fingerprint density at radius 3 is 2.65 bits per heavy atom. The number of carbonyl (C=O) groups is 1. The number of hydrogen-bond acceptors (Lipinski definition) is 5. The number of rotatable bonds is 4. The summed E-state index contributed by atoms with van der Waals surface area (Å²) in [6.07, 6.45) is 3.53. The van der Waals surface area contributed by atoms with E-state index in [-0.39, 0.29) is 6.42 Å². The Kier molecular flexibility index (Phi) is 5.07. The molecule has 0 aromatic carbocycles. The third kappa shape index (κ3) is 3.26. The molecule has 1 heterocycles. The van der Waals surface area contributed by atoms with Crippen molar-refractivity contribution in [3.8, 4) is 0 Å². The molecule has 0 aliphatic rings. The molecule has 0 spiro atoms. The fourth-order valence-electron chi connectivity index (χ4n) is 1.37. The zero-order valence-electron chi connectivity index (χ0n) is 9.93. The minimum atomic E-state index is -0.584. The largest absolute Gasteiger partial charge is 0.337 e. The maximum atomic E-state index is 11.8. The van der Waals surface area contributed by atoms with Crippen LogP contribution >= 0.6 is 21.6 Å². The lowest BCUT2D eigenvalue weighted by molar-refractivity contribution is 0.0898. The molecule has 0 radical (unpaired) electrons. The highest BCUT2D eigenvalue weighted by Gasteiger charge is 2.13. The minimum absolute atomic E-state index is 0.185. The summed E-state index contributed by atoms with van der Waals surface area (Å²) in [7, 11) is 4.59. The monoisotopic (exact) mass is 274 g/mol. The second kappa shape index (κ2) is 6.11. The molecule has 0 unspecified atom stereocenters. The van der Waals surface area contributed by atoms with E-state index in [9.17, 15) is 14.4 Å². The van der Waals surface area contributed by atoms with Crippen LogP contribution in [0.3, 0.4) is 0 Å². The highest BCUT2D eigenvalue weighted by Crippen LogP contribution is 2.17. The summed E-state index contributed by atoms with van der Waals surface area (Å²) in [6.45, 7) is 1.59. The van der Waals surface area contributed by atoms with E-state index in [0.29, 0.717) is 11.3 Å². The van der Waals surface area contributed by atoms with Gasteiger partial charge in [0.1, 0.15) is 0 Å². The molecular formula is C10H14N2O3S2. The molecule has 17 heavy (non-hydrogen) atoms. The van der Waals surface area contributed by atoms with Crippen LogP contribution in [-0.2, 0) is 7.05 Å². The molecule has 0 amide bonds. The first-order valence-corrected chi connectivity index (χ1v) is 7.70. The molecule has 94 valence electrons. The van der Waals surface area contributed by atoms with Gasteiger partial charge in [0.2, 0.25) is 5.91 Å². The van der Waals surface area contributed by atoms with Crippen molar-refractivity contribution < 1.29 is 4.79 Å². The van der Waals surface area contributed by atoms with Gasteiger partial charge >= 0.3 is 5.69 Å². The highest BCUT2D eigenvalue weighted by atomic mass is 33.1. The first kappa shape index (κ1) is 14.1. The minimum Gasteiger partial charge on any atom is -0.303 e. The number of aromatic nitrogens is 2. The number of hydrogen-bond donors (Lipinski definition) is 0. The van der Waals surface area contributed by atoms with Gasteiger partial charge in [-0.25, -0.2) is 4.79 Å². The Balaban J connectivity index is 3.09.